The van der Waals surface area contributed by atoms with E-state index in [0.717, 1.165) is 10.8 Å². The minimum absolute atomic E-state index is 0.518. The van der Waals surface area contributed by atoms with Crippen molar-refractivity contribution < 1.29 is 50.3 Å². The first-order valence-corrected chi connectivity index (χ1v) is 12.2. The van der Waals surface area contributed by atoms with Gasteiger partial charge in [-0.15, -0.1) is 0 Å². The number of aromatic nitrogens is 1. The molecule has 2 aliphatic heterocycles. The van der Waals surface area contributed by atoms with E-state index in [4.69, 9.17) is 14.5 Å². The maximum Gasteiger partial charge on any atom is 0.157 e. The summed E-state index contributed by atoms with van der Waals surface area (Å²) in [6.45, 7) is -1.07. The van der Waals surface area contributed by atoms with Crippen LogP contribution in [0.1, 0.15) is 0 Å². The van der Waals surface area contributed by atoms with Crippen LogP contribution in [0.5, 0.6) is 0 Å². The molecule has 206 valence electrons. The Hall–Kier alpha value is -2.69. The first-order valence-electron chi connectivity index (χ1n) is 12.2. The van der Waals surface area contributed by atoms with Crippen molar-refractivity contribution >= 4 is 33.2 Å². The van der Waals surface area contributed by atoms with Crippen molar-refractivity contribution in [2.75, 3.05) is 23.8 Å². The summed E-state index contributed by atoms with van der Waals surface area (Å²) in [7, 11) is 0. The fourth-order valence-electron chi connectivity index (χ4n) is 4.77. The lowest BCUT2D eigenvalue weighted by Gasteiger charge is -2.40. The number of nitrogens with one attached hydrogen (secondary N) is 2. The summed E-state index contributed by atoms with van der Waals surface area (Å²) in [6.07, 6.45) is -13.0. The topological polar surface area (TPSA) is 217 Å². The molecule has 0 aliphatic carbocycles. The predicted molar refractivity (Wildman–Crippen MR) is 134 cm³/mol. The van der Waals surface area contributed by atoms with Crippen LogP contribution in [0.25, 0.3) is 21.8 Å². The SMILES string of the molecule is OC[C@H]1O[C@@H](Nc2ccc3cc4ccc(N[C@@H]5O[C@H](CO)[C@@H](O)[C@H](O)[C@H]5O)cc4nc3c2)[C@H](O)[C@@H](O)[C@@H]1O. The van der Waals surface area contributed by atoms with Gasteiger partial charge in [0.1, 0.15) is 48.8 Å². The van der Waals surface area contributed by atoms with E-state index in [1.54, 1.807) is 24.3 Å². The number of aliphatic hydroxyl groups excluding tert-OH is 8. The minimum atomic E-state index is -1.50. The molecule has 0 amide bonds. The molecule has 5 rings (SSSR count). The third-order valence-corrected chi connectivity index (χ3v) is 7.02. The van der Waals surface area contributed by atoms with E-state index >= 15 is 0 Å². The maximum absolute atomic E-state index is 10.3. The van der Waals surface area contributed by atoms with Crippen LogP contribution in [0.2, 0.25) is 0 Å². The van der Waals surface area contributed by atoms with Gasteiger partial charge in [0.05, 0.1) is 24.2 Å². The van der Waals surface area contributed by atoms with E-state index in [-0.39, 0.29) is 0 Å². The molecule has 2 fully saturated rings. The molecule has 3 aromatic rings. The molecule has 0 unspecified atom stereocenters. The van der Waals surface area contributed by atoms with E-state index in [1.807, 2.05) is 18.2 Å². The third kappa shape index (κ3) is 5.01. The normalized spacial score (nSPS) is 35.9. The van der Waals surface area contributed by atoms with Crippen LogP contribution in [0.15, 0.2) is 42.5 Å². The Balaban J connectivity index is 1.37. The zero-order valence-electron chi connectivity index (χ0n) is 20.1. The highest BCUT2D eigenvalue weighted by molar-refractivity contribution is 5.95. The molecule has 38 heavy (non-hydrogen) atoms. The van der Waals surface area contributed by atoms with Crippen molar-refractivity contribution in [1.82, 2.24) is 4.98 Å². The summed E-state index contributed by atoms with van der Waals surface area (Å²) in [5.41, 5.74) is 2.22. The Morgan fingerprint density at radius 2 is 1.00 bits per heavy atom. The van der Waals surface area contributed by atoms with Crippen LogP contribution < -0.4 is 10.6 Å². The second kappa shape index (κ2) is 10.8. The minimum Gasteiger partial charge on any atom is -0.394 e. The van der Waals surface area contributed by atoms with Gasteiger partial charge >= 0.3 is 0 Å². The molecule has 0 bridgehead atoms. The summed E-state index contributed by atoms with van der Waals surface area (Å²) < 4.78 is 11.0. The Morgan fingerprint density at radius 1 is 0.579 bits per heavy atom. The summed E-state index contributed by atoms with van der Waals surface area (Å²) in [5.74, 6) is 0. The van der Waals surface area contributed by atoms with Gasteiger partial charge in [-0.3, -0.25) is 0 Å². The third-order valence-electron chi connectivity index (χ3n) is 7.02. The van der Waals surface area contributed by atoms with Crippen molar-refractivity contribution in [3.05, 3.63) is 42.5 Å². The van der Waals surface area contributed by atoms with Gasteiger partial charge in [0.25, 0.3) is 0 Å². The summed E-state index contributed by atoms with van der Waals surface area (Å²) in [6, 6.07) is 12.5. The van der Waals surface area contributed by atoms with Crippen molar-refractivity contribution in [2.45, 2.75) is 61.3 Å². The molecule has 0 spiro atoms. The Kier molecular flexibility index (Phi) is 7.66. The van der Waals surface area contributed by atoms with Crippen LogP contribution in [0.4, 0.5) is 11.4 Å². The molecule has 1 aromatic heterocycles. The Morgan fingerprint density at radius 3 is 1.39 bits per heavy atom. The molecule has 13 nitrogen and oxygen atoms in total. The van der Waals surface area contributed by atoms with Crippen LogP contribution in [-0.2, 0) is 9.47 Å². The largest absolute Gasteiger partial charge is 0.394 e. The number of benzene rings is 2. The number of anilines is 2. The van der Waals surface area contributed by atoms with Gasteiger partial charge in [0.15, 0.2) is 12.5 Å². The molecule has 2 aliphatic rings. The molecule has 13 heteroatoms. The number of aliphatic hydroxyl groups is 8. The van der Waals surface area contributed by atoms with Crippen molar-refractivity contribution in [2.24, 2.45) is 0 Å². The standard InChI is InChI=1S/C25H31N3O10/c29-8-16-18(31)20(33)22(35)24(37-16)26-12-3-1-10-5-11-2-4-13(7-15(11)28-14(10)6-12)27-25-23(36)21(34)19(32)17(9-30)38-25/h1-7,16-27,29-36H,8-9H2/t16-,17-,18-,19-,20+,21+,22-,23-,24-,25-/m1/s1. The van der Waals surface area contributed by atoms with Crippen molar-refractivity contribution in [3.63, 3.8) is 0 Å². The molecule has 10 N–H and O–H groups in total. The smallest absolute Gasteiger partial charge is 0.157 e. The molecule has 0 saturated carbocycles. The Bertz CT molecular complexity index is 1180. The number of nitrogens with zero attached hydrogens (tertiary/aromatic N) is 1. The van der Waals surface area contributed by atoms with Crippen LogP contribution in [-0.4, -0.2) is 120 Å². The molecular formula is C25H31N3O10. The molecule has 2 saturated heterocycles. The zero-order valence-corrected chi connectivity index (χ0v) is 20.1. The van der Waals surface area contributed by atoms with E-state index in [2.05, 4.69) is 10.6 Å². The highest BCUT2D eigenvalue weighted by Crippen LogP contribution is 2.29. The van der Waals surface area contributed by atoms with E-state index in [9.17, 15) is 40.9 Å². The van der Waals surface area contributed by atoms with E-state index < -0.39 is 74.5 Å². The van der Waals surface area contributed by atoms with Gasteiger partial charge in [-0.2, -0.15) is 0 Å². The van der Waals surface area contributed by atoms with Crippen molar-refractivity contribution in [1.29, 1.82) is 0 Å². The van der Waals surface area contributed by atoms with Gasteiger partial charge in [0.2, 0.25) is 0 Å². The number of hydrogen-bond acceptors (Lipinski definition) is 13. The molecule has 2 aromatic carbocycles. The number of rotatable bonds is 6. The molecular weight excluding hydrogens is 502 g/mol. The van der Waals surface area contributed by atoms with Gasteiger partial charge in [-0.1, -0.05) is 12.1 Å². The predicted octanol–water partition coefficient (Wildman–Crippen LogP) is -2.19. The average molecular weight is 534 g/mol. The summed E-state index contributed by atoms with van der Waals surface area (Å²) in [5, 5.41) is 87.0. The van der Waals surface area contributed by atoms with Crippen LogP contribution in [0, 0.1) is 0 Å². The van der Waals surface area contributed by atoms with Gasteiger partial charge in [0, 0.05) is 22.1 Å². The number of ether oxygens (including phenoxy) is 2. The number of hydrogen-bond donors (Lipinski definition) is 10. The van der Waals surface area contributed by atoms with Gasteiger partial charge < -0.3 is 61.0 Å². The lowest BCUT2D eigenvalue weighted by molar-refractivity contribution is -0.221. The van der Waals surface area contributed by atoms with Crippen molar-refractivity contribution in [3.8, 4) is 0 Å². The molecule has 0 radical (unpaired) electrons. The average Bonchev–Trinajstić information content (AvgIpc) is 2.92. The summed E-state index contributed by atoms with van der Waals surface area (Å²) in [4.78, 5) is 4.69. The number of fused-ring (bicyclic) bond motifs is 2. The monoisotopic (exact) mass is 533 g/mol. The highest BCUT2D eigenvalue weighted by atomic mass is 16.6. The second-order valence-electron chi connectivity index (χ2n) is 9.59. The fraction of sp³-hybridized carbons (Fsp3) is 0.480. The van der Waals surface area contributed by atoms with E-state index in [0.29, 0.717) is 22.4 Å². The van der Waals surface area contributed by atoms with E-state index in [1.165, 1.54) is 0 Å². The first-order chi connectivity index (χ1) is 18.2. The lowest BCUT2D eigenvalue weighted by atomic mass is 9.98. The zero-order chi connectivity index (χ0) is 27.1. The second-order valence-corrected chi connectivity index (χ2v) is 9.59. The van der Waals surface area contributed by atoms with Crippen LogP contribution in [0.3, 0.4) is 0 Å². The lowest BCUT2D eigenvalue weighted by Crippen LogP contribution is -2.60. The summed E-state index contributed by atoms with van der Waals surface area (Å²) >= 11 is 0. The fourth-order valence-corrected chi connectivity index (χ4v) is 4.77. The van der Waals surface area contributed by atoms with Crippen LogP contribution >= 0.6 is 0 Å². The first kappa shape index (κ1) is 26.9. The maximum atomic E-state index is 10.3. The quantitative estimate of drug-likeness (QED) is 0.153. The Labute approximate surface area is 216 Å². The van der Waals surface area contributed by atoms with Gasteiger partial charge in [-0.05, 0) is 30.3 Å². The molecule has 10 atom stereocenters. The number of pyridine rings is 1. The molecule has 3 heterocycles. The van der Waals surface area contributed by atoms with Gasteiger partial charge in [-0.25, -0.2) is 4.98 Å². The highest BCUT2D eigenvalue weighted by Gasteiger charge is 2.44.